The number of aryl methyl sites for hydroxylation is 2. The van der Waals surface area contributed by atoms with Gasteiger partial charge in [-0.15, -0.1) is 0 Å². The molecule has 3 nitrogen and oxygen atoms in total. The van der Waals surface area contributed by atoms with Crippen molar-refractivity contribution in [1.29, 1.82) is 0 Å². The van der Waals surface area contributed by atoms with E-state index in [1.54, 1.807) is 4.68 Å². The number of halogens is 4. The van der Waals surface area contributed by atoms with Gasteiger partial charge in [-0.25, -0.2) is 0 Å². The average molecular weight is 487 g/mol. The first-order valence-corrected chi connectivity index (χ1v) is 8.87. The summed E-state index contributed by atoms with van der Waals surface area (Å²) in [5.41, 5.74) is 2.94. The van der Waals surface area contributed by atoms with Gasteiger partial charge in [-0.1, -0.05) is 27.5 Å². The van der Waals surface area contributed by atoms with Gasteiger partial charge in [-0.05, 0) is 56.5 Å². The topological polar surface area (TPSA) is 27.1 Å². The second-order valence-corrected chi connectivity index (χ2v) is 6.92. The van der Waals surface area contributed by atoms with E-state index in [4.69, 9.17) is 16.3 Å². The molecule has 0 atom stereocenters. The summed E-state index contributed by atoms with van der Waals surface area (Å²) in [4.78, 5) is 0. The molecule has 1 aromatic heterocycles. The third-order valence-electron chi connectivity index (χ3n) is 2.84. The lowest BCUT2D eigenvalue weighted by Crippen LogP contribution is -1.99. The molecule has 20 heavy (non-hydrogen) atoms. The van der Waals surface area contributed by atoms with Crippen molar-refractivity contribution in [3.8, 4) is 5.75 Å². The van der Waals surface area contributed by atoms with Crippen LogP contribution in [-0.2, 0) is 19.0 Å². The number of hydrogen-bond donors (Lipinski definition) is 0. The Balaban J connectivity index is 2.23. The minimum Gasteiger partial charge on any atom is -0.486 e. The number of ether oxygens (including phenoxy) is 1. The Kier molecular flexibility index (Phi) is 5.56. The van der Waals surface area contributed by atoms with Crippen molar-refractivity contribution in [3.63, 3.8) is 0 Å². The average Bonchev–Trinajstić information content (AvgIpc) is 2.63. The van der Waals surface area contributed by atoms with Gasteiger partial charge in [0, 0.05) is 17.9 Å². The Morgan fingerprint density at radius 3 is 2.35 bits per heavy atom. The Morgan fingerprint density at radius 1 is 1.30 bits per heavy atom. The SMILES string of the molecule is Cc1nn(C)c(Cl)c1COc1c(Br)cc(CBr)cc1Br. The van der Waals surface area contributed by atoms with Gasteiger partial charge in [0.25, 0.3) is 0 Å². The zero-order chi connectivity index (χ0) is 14.9. The molecule has 1 aromatic carbocycles. The van der Waals surface area contributed by atoms with Gasteiger partial charge >= 0.3 is 0 Å². The predicted octanol–water partition coefficient (Wildman–Crippen LogP) is 5.38. The van der Waals surface area contributed by atoms with Crippen molar-refractivity contribution in [1.82, 2.24) is 9.78 Å². The third kappa shape index (κ3) is 3.40. The lowest BCUT2D eigenvalue weighted by atomic mass is 10.2. The van der Waals surface area contributed by atoms with Crippen LogP contribution in [0.2, 0.25) is 5.15 Å². The molecule has 1 heterocycles. The van der Waals surface area contributed by atoms with Gasteiger partial charge in [0.05, 0.1) is 14.6 Å². The van der Waals surface area contributed by atoms with E-state index in [9.17, 15) is 0 Å². The maximum Gasteiger partial charge on any atom is 0.148 e. The molecule has 0 N–H and O–H groups in total. The van der Waals surface area contributed by atoms with E-state index in [1.807, 2.05) is 26.1 Å². The van der Waals surface area contributed by atoms with E-state index in [2.05, 4.69) is 52.9 Å². The first-order chi connectivity index (χ1) is 9.43. The lowest BCUT2D eigenvalue weighted by Gasteiger charge is -2.11. The Morgan fingerprint density at radius 2 is 1.90 bits per heavy atom. The quantitative estimate of drug-likeness (QED) is 0.542. The molecule has 7 heteroatoms. The van der Waals surface area contributed by atoms with Gasteiger partial charge in [-0.3, -0.25) is 4.68 Å². The van der Waals surface area contributed by atoms with E-state index in [-0.39, 0.29) is 0 Å². The molecule has 0 unspecified atom stereocenters. The lowest BCUT2D eigenvalue weighted by molar-refractivity contribution is 0.301. The van der Waals surface area contributed by atoms with Crippen LogP contribution in [0.1, 0.15) is 16.8 Å². The van der Waals surface area contributed by atoms with Crippen molar-refractivity contribution in [2.45, 2.75) is 18.9 Å². The van der Waals surface area contributed by atoms with Crippen LogP contribution in [0.5, 0.6) is 5.75 Å². The first kappa shape index (κ1) is 16.3. The number of rotatable bonds is 4. The van der Waals surface area contributed by atoms with Gasteiger partial charge in [-0.2, -0.15) is 5.10 Å². The third-order valence-corrected chi connectivity index (χ3v) is 5.14. The second kappa shape index (κ2) is 6.81. The summed E-state index contributed by atoms with van der Waals surface area (Å²) >= 11 is 16.7. The van der Waals surface area contributed by atoms with Gasteiger partial charge < -0.3 is 4.74 Å². The Bertz CT molecular complexity index is 620. The summed E-state index contributed by atoms with van der Waals surface area (Å²) in [7, 11) is 1.81. The molecule has 0 aliphatic heterocycles. The highest BCUT2D eigenvalue weighted by Crippen LogP contribution is 2.36. The highest BCUT2D eigenvalue weighted by Gasteiger charge is 2.14. The molecule has 0 fully saturated rings. The van der Waals surface area contributed by atoms with Gasteiger partial charge in [0.1, 0.15) is 17.5 Å². The van der Waals surface area contributed by atoms with E-state index in [0.717, 1.165) is 36.8 Å². The van der Waals surface area contributed by atoms with Crippen molar-refractivity contribution >= 4 is 59.4 Å². The number of alkyl halides is 1. The molecule has 0 amide bonds. The summed E-state index contributed by atoms with van der Waals surface area (Å²) in [5.74, 6) is 0.758. The summed E-state index contributed by atoms with van der Waals surface area (Å²) in [6.07, 6.45) is 0. The summed E-state index contributed by atoms with van der Waals surface area (Å²) in [6.45, 7) is 2.30. The first-order valence-electron chi connectivity index (χ1n) is 5.78. The Hall–Kier alpha value is -0.0400. The van der Waals surface area contributed by atoms with E-state index in [1.165, 1.54) is 0 Å². The molecule has 0 aliphatic rings. The minimum atomic E-state index is 0.378. The van der Waals surface area contributed by atoms with Crippen LogP contribution in [0.15, 0.2) is 21.1 Å². The summed E-state index contributed by atoms with van der Waals surface area (Å²) in [5, 5.41) is 5.66. The normalized spacial score (nSPS) is 10.9. The maximum atomic E-state index is 6.20. The zero-order valence-electron chi connectivity index (χ0n) is 10.9. The number of hydrogen-bond acceptors (Lipinski definition) is 2. The van der Waals surface area contributed by atoms with Crippen molar-refractivity contribution < 1.29 is 4.74 Å². The zero-order valence-corrected chi connectivity index (χ0v) is 16.4. The van der Waals surface area contributed by atoms with E-state index in [0.29, 0.717) is 11.8 Å². The van der Waals surface area contributed by atoms with Crippen LogP contribution < -0.4 is 4.74 Å². The van der Waals surface area contributed by atoms with Crippen LogP contribution in [-0.4, -0.2) is 9.78 Å². The summed E-state index contributed by atoms with van der Waals surface area (Å²) < 4.78 is 9.33. The summed E-state index contributed by atoms with van der Waals surface area (Å²) in [6, 6.07) is 4.04. The van der Waals surface area contributed by atoms with Crippen LogP contribution >= 0.6 is 59.4 Å². The van der Waals surface area contributed by atoms with E-state index >= 15 is 0 Å². The van der Waals surface area contributed by atoms with E-state index < -0.39 is 0 Å². The van der Waals surface area contributed by atoms with Crippen LogP contribution in [0.3, 0.4) is 0 Å². The van der Waals surface area contributed by atoms with Gasteiger partial charge in [0.15, 0.2) is 0 Å². The smallest absolute Gasteiger partial charge is 0.148 e. The standard InChI is InChI=1S/C13H12Br3ClN2O/c1-7-9(13(17)19(2)18-7)6-20-12-10(15)3-8(5-14)4-11(12)16/h3-4H,5-6H2,1-2H3. The fourth-order valence-corrected chi connectivity index (χ4v) is 3.87. The molecule has 0 bridgehead atoms. The van der Waals surface area contributed by atoms with Crippen molar-refractivity contribution in [2.75, 3.05) is 0 Å². The fourth-order valence-electron chi connectivity index (χ4n) is 1.81. The largest absolute Gasteiger partial charge is 0.486 e. The van der Waals surface area contributed by atoms with Crippen molar-refractivity contribution in [3.05, 3.63) is 43.1 Å². The molecule has 0 saturated heterocycles. The number of aromatic nitrogens is 2. The van der Waals surface area contributed by atoms with Crippen LogP contribution in [0, 0.1) is 6.92 Å². The predicted molar refractivity (Wildman–Crippen MR) is 91.8 cm³/mol. The highest BCUT2D eigenvalue weighted by molar-refractivity contribution is 9.11. The Labute approximate surface area is 148 Å². The molecule has 0 saturated carbocycles. The minimum absolute atomic E-state index is 0.378. The molecule has 108 valence electrons. The number of nitrogens with zero attached hydrogens (tertiary/aromatic N) is 2. The molecular weight excluding hydrogens is 475 g/mol. The molecule has 2 rings (SSSR count). The van der Waals surface area contributed by atoms with Crippen molar-refractivity contribution in [2.24, 2.45) is 7.05 Å². The van der Waals surface area contributed by atoms with Gasteiger partial charge in [0.2, 0.25) is 0 Å². The van der Waals surface area contributed by atoms with Crippen LogP contribution in [0.25, 0.3) is 0 Å². The number of benzene rings is 1. The highest BCUT2D eigenvalue weighted by atomic mass is 79.9. The molecule has 0 spiro atoms. The van der Waals surface area contributed by atoms with Crippen LogP contribution in [0.4, 0.5) is 0 Å². The molecule has 2 aromatic rings. The second-order valence-electron chi connectivity index (χ2n) is 4.29. The molecule has 0 radical (unpaired) electrons. The molecule has 0 aliphatic carbocycles. The monoisotopic (exact) mass is 484 g/mol. The maximum absolute atomic E-state index is 6.20. The fraction of sp³-hybridized carbons (Fsp3) is 0.308. The molecular formula is C13H12Br3ClN2O.